The lowest BCUT2D eigenvalue weighted by molar-refractivity contribution is -0.135. The van der Waals surface area contributed by atoms with Crippen LogP contribution in [-0.4, -0.2) is 33.6 Å². The molecule has 94 valence electrons. The minimum absolute atomic E-state index is 0.00767. The van der Waals surface area contributed by atoms with Crippen molar-refractivity contribution in [1.29, 1.82) is 0 Å². The van der Waals surface area contributed by atoms with Crippen LogP contribution in [0, 0.1) is 6.92 Å². The van der Waals surface area contributed by atoms with E-state index in [2.05, 4.69) is 9.97 Å². The van der Waals surface area contributed by atoms with Gasteiger partial charge in [-0.25, -0.2) is 9.97 Å². The molecule has 0 bridgehead atoms. The van der Waals surface area contributed by atoms with Crippen molar-refractivity contribution < 1.29 is 9.90 Å². The molecule has 0 aromatic carbocycles. The molecule has 6 heteroatoms. The van der Waals surface area contributed by atoms with Crippen molar-refractivity contribution in [2.45, 2.75) is 25.8 Å². The van der Waals surface area contributed by atoms with Crippen LogP contribution < -0.4 is 4.90 Å². The number of carbonyl (C=O) groups is 1. The zero-order valence-corrected chi connectivity index (χ0v) is 10.8. The van der Waals surface area contributed by atoms with Crippen LogP contribution in [0.3, 0.4) is 0 Å². The molecule has 2 aromatic rings. The van der Waals surface area contributed by atoms with E-state index < -0.39 is 5.97 Å². The van der Waals surface area contributed by atoms with E-state index in [0.717, 1.165) is 34.4 Å². The Bertz CT molecular complexity index is 606. The fourth-order valence-electron chi connectivity index (χ4n) is 2.07. The first-order chi connectivity index (χ1) is 8.66. The molecule has 0 atom stereocenters. The number of fused-ring (bicyclic) bond motifs is 1. The van der Waals surface area contributed by atoms with Crippen molar-refractivity contribution in [2.75, 3.05) is 11.4 Å². The van der Waals surface area contributed by atoms with Crippen molar-refractivity contribution in [3.8, 4) is 0 Å². The zero-order chi connectivity index (χ0) is 12.7. The van der Waals surface area contributed by atoms with Gasteiger partial charge < -0.3 is 10.0 Å². The van der Waals surface area contributed by atoms with Gasteiger partial charge in [-0.15, -0.1) is 11.3 Å². The van der Waals surface area contributed by atoms with E-state index in [-0.39, 0.29) is 6.54 Å². The van der Waals surface area contributed by atoms with Gasteiger partial charge in [-0.1, -0.05) is 0 Å². The first kappa shape index (κ1) is 11.4. The summed E-state index contributed by atoms with van der Waals surface area (Å²) in [6.45, 7) is 2.02. The number of hydrogen-bond acceptors (Lipinski definition) is 5. The summed E-state index contributed by atoms with van der Waals surface area (Å²) in [4.78, 5) is 21.4. The fraction of sp³-hybridized carbons (Fsp3) is 0.417. The molecule has 0 spiro atoms. The fourth-order valence-corrected chi connectivity index (χ4v) is 3.08. The van der Waals surface area contributed by atoms with Crippen LogP contribution in [-0.2, 0) is 4.79 Å². The lowest BCUT2D eigenvalue weighted by Gasteiger charge is -2.21. The molecular weight excluding hydrogens is 250 g/mol. The van der Waals surface area contributed by atoms with Gasteiger partial charge in [-0.2, -0.15) is 0 Å². The number of aliphatic carboxylic acids is 1. The minimum Gasteiger partial charge on any atom is -0.480 e. The topological polar surface area (TPSA) is 66.3 Å². The van der Waals surface area contributed by atoms with E-state index >= 15 is 0 Å². The van der Waals surface area contributed by atoms with E-state index in [1.807, 2.05) is 17.2 Å². The van der Waals surface area contributed by atoms with Gasteiger partial charge in [-0.05, 0) is 30.7 Å². The van der Waals surface area contributed by atoms with E-state index in [4.69, 9.17) is 5.11 Å². The Hall–Kier alpha value is -1.69. The summed E-state index contributed by atoms with van der Waals surface area (Å²) in [7, 11) is 0. The van der Waals surface area contributed by atoms with Gasteiger partial charge in [0, 0.05) is 6.04 Å². The number of aryl methyl sites for hydroxylation is 1. The highest BCUT2D eigenvalue weighted by molar-refractivity contribution is 7.18. The first-order valence-electron chi connectivity index (χ1n) is 5.84. The normalized spacial score (nSPS) is 14.9. The molecule has 0 amide bonds. The summed E-state index contributed by atoms with van der Waals surface area (Å²) < 4.78 is 0.989. The number of anilines is 1. The largest absolute Gasteiger partial charge is 0.480 e. The number of rotatable bonds is 4. The third-order valence-electron chi connectivity index (χ3n) is 3.08. The molecule has 1 fully saturated rings. The molecule has 0 saturated heterocycles. The van der Waals surface area contributed by atoms with E-state index in [9.17, 15) is 4.79 Å². The Morgan fingerprint density at radius 1 is 1.56 bits per heavy atom. The van der Waals surface area contributed by atoms with Crippen LogP contribution in [0.2, 0.25) is 0 Å². The molecule has 0 radical (unpaired) electrons. The maximum absolute atomic E-state index is 11.0. The minimum atomic E-state index is -0.818. The van der Waals surface area contributed by atoms with Crippen LogP contribution in [0.1, 0.15) is 18.4 Å². The molecule has 2 aromatic heterocycles. The standard InChI is InChI=1S/C12H13N3O2S/c1-7-5-18-11-10(7)13-6-14-12(11)15(4-9(16)17)8-2-3-8/h5-6,8H,2-4H2,1H3,(H,16,17). The van der Waals surface area contributed by atoms with Gasteiger partial charge in [0.1, 0.15) is 12.9 Å². The van der Waals surface area contributed by atoms with Crippen molar-refractivity contribution in [1.82, 2.24) is 9.97 Å². The van der Waals surface area contributed by atoms with Crippen molar-refractivity contribution in [2.24, 2.45) is 0 Å². The van der Waals surface area contributed by atoms with E-state index in [1.165, 1.54) is 6.33 Å². The van der Waals surface area contributed by atoms with Gasteiger partial charge in [0.05, 0.1) is 10.2 Å². The quantitative estimate of drug-likeness (QED) is 0.914. The number of carboxylic acid groups (broad SMARTS) is 1. The van der Waals surface area contributed by atoms with Gasteiger partial charge >= 0.3 is 5.97 Å². The van der Waals surface area contributed by atoms with Gasteiger partial charge in [0.15, 0.2) is 5.82 Å². The molecule has 18 heavy (non-hydrogen) atoms. The predicted molar refractivity (Wildman–Crippen MR) is 70.2 cm³/mol. The van der Waals surface area contributed by atoms with Crippen LogP contribution in [0.5, 0.6) is 0 Å². The van der Waals surface area contributed by atoms with Crippen LogP contribution in [0.25, 0.3) is 10.2 Å². The lowest BCUT2D eigenvalue weighted by atomic mass is 10.3. The molecule has 3 rings (SSSR count). The summed E-state index contributed by atoms with van der Waals surface area (Å²) in [5.41, 5.74) is 2.05. The number of hydrogen-bond donors (Lipinski definition) is 1. The summed E-state index contributed by atoms with van der Waals surface area (Å²) >= 11 is 1.58. The Kier molecular flexibility index (Phi) is 2.66. The summed E-state index contributed by atoms with van der Waals surface area (Å²) in [5, 5.41) is 11.1. The molecule has 2 heterocycles. The Morgan fingerprint density at radius 2 is 2.33 bits per heavy atom. The molecule has 0 unspecified atom stereocenters. The Morgan fingerprint density at radius 3 is 3.00 bits per heavy atom. The maximum Gasteiger partial charge on any atom is 0.323 e. The summed E-state index contributed by atoms with van der Waals surface area (Å²) in [6, 6.07) is 0.321. The molecule has 1 N–H and O–H groups in total. The SMILES string of the molecule is Cc1csc2c(N(CC(=O)O)C3CC3)ncnc12. The van der Waals surface area contributed by atoms with Gasteiger partial charge in [0.2, 0.25) is 0 Å². The van der Waals surface area contributed by atoms with Crippen molar-refractivity contribution >= 4 is 33.3 Å². The number of carboxylic acids is 1. The molecular formula is C12H13N3O2S. The second kappa shape index (κ2) is 4.20. The number of nitrogens with zero attached hydrogens (tertiary/aromatic N) is 3. The van der Waals surface area contributed by atoms with E-state index in [1.54, 1.807) is 11.3 Å². The van der Waals surface area contributed by atoms with Crippen molar-refractivity contribution in [3.63, 3.8) is 0 Å². The second-order valence-corrected chi connectivity index (χ2v) is 5.43. The molecule has 1 saturated carbocycles. The Balaban J connectivity index is 2.08. The highest BCUT2D eigenvalue weighted by atomic mass is 32.1. The number of aromatic nitrogens is 2. The van der Waals surface area contributed by atoms with Crippen molar-refractivity contribution in [3.05, 3.63) is 17.3 Å². The van der Waals surface area contributed by atoms with Crippen LogP contribution >= 0.6 is 11.3 Å². The molecule has 1 aliphatic rings. The highest BCUT2D eigenvalue weighted by Crippen LogP contribution is 2.36. The second-order valence-electron chi connectivity index (χ2n) is 4.55. The summed E-state index contributed by atoms with van der Waals surface area (Å²) in [6.07, 6.45) is 3.61. The maximum atomic E-state index is 11.0. The third kappa shape index (κ3) is 1.92. The van der Waals surface area contributed by atoms with Crippen LogP contribution in [0.4, 0.5) is 5.82 Å². The molecule has 0 aliphatic heterocycles. The monoisotopic (exact) mass is 263 g/mol. The van der Waals surface area contributed by atoms with Crippen LogP contribution in [0.15, 0.2) is 11.7 Å². The summed E-state index contributed by atoms with van der Waals surface area (Å²) in [5.74, 6) is -0.0510. The Labute approximate surface area is 108 Å². The van der Waals surface area contributed by atoms with Gasteiger partial charge in [0.25, 0.3) is 0 Å². The average Bonchev–Trinajstić information content (AvgIpc) is 3.11. The third-order valence-corrected chi connectivity index (χ3v) is 4.16. The van der Waals surface area contributed by atoms with E-state index in [0.29, 0.717) is 6.04 Å². The average molecular weight is 263 g/mol. The lowest BCUT2D eigenvalue weighted by Crippen LogP contribution is -2.32. The highest BCUT2D eigenvalue weighted by Gasteiger charge is 2.32. The zero-order valence-electron chi connectivity index (χ0n) is 9.96. The molecule has 1 aliphatic carbocycles. The number of thiophene rings is 1. The first-order valence-corrected chi connectivity index (χ1v) is 6.72. The predicted octanol–water partition coefficient (Wildman–Crippen LogP) is 2.05. The smallest absolute Gasteiger partial charge is 0.323 e. The van der Waals surface area contributed by atoms with Gasteiger partial charge in [-0.3, -0.25) is 4.79 Å². The molecule has 5 nitrogen and oxygen atoms in total.